The van der Waals surface area contributed by atoms with Gasteiger partial charge in [-0.1, -0.05) is 96.6 Å². The van der Waals surface area contributed by atoms with E-state index in [9.17, 15) is 0 Å². The van der Waals surface area contributed by atoms with Gasteiger partial charge in [-0.3, -0.25) is 0 Å². The third-order valence-electron chi connectivity index (χ3n) is 9.30. The number of ether oxygens (including phenoxy) is 1. The zero-order chi connectivity index (χ0) is 28.1. The largest absolute Gasteiger partial charge is 0.458 e. The van der Waals surface area contributed by atoms with Gasteiger partial charge in [-0.05, 0) is 94.8 Å². The molecular weight excluding hydrogens is 509 g/mol. The molecule has 3 heteroatoms. The molecule has 0 fully saturated rings. The second-order valence-electron chi connectivity index (χ2n) is 11.9. The molecular formula is C39H28BNO. The van der Waals surface area contributed by atoms with Crippen LogP contribution in [0, 0.1) is 20.8 Å². The van der Waals surface area contributed by atoms with Gasteiger partial charge in [0.15, 0.2) is 0 Å². The highest BCUT2D eigenvalue weighted by molar-refractivity contribution is 6.99. The van der Waals surface area contributed by atoms with Crippen LogP contribution >= 0.6 is 0 Å². The van der Waals surface area contributed by atoms with Gasteiger partial charge in [0.05, 0.1) is 5.52 Å². The number of rotatable bonds is 2. The Labute approximate surface area is 245 Å². The number of aryl methyl sites for hydroxylation is 3. The number of fused-ring (bicyclic) bond motifs is 7. The van der Waals surface area contributed by atoms with E-state index in [-0.39, 0.29) is 6.71 Å². The van der Waals surface area contributed by atoms with Crippen LogP contribution in [0.3, 0.4) is 0 Å². The topological polar surface area (TPSA) is 14.2 Å². The van der Waals surface area contributed by atoms with Crippen molar-refractivity contribution >= 4 is 44.9 Å². The summed E-state index contributed by atoms with van der Waals surface area (Å²) in [6.07, 6.45) is 0. The van der Waals surface area contributed by atoms with E-state index in [0.29, 0.717) is 0 Å². The third-order valence-corrected chi connectivity index (χ3v) is 9.30. The summed E-state index contributed by atoms with van der Waals surface area (Å²) in [4.78, 5) is 0. The zero-order valence-electron chi connectivity index (χ0n) is 23.9. The second-order valence-corrected chi connectivity index (χ2v) is 11.9. The quantitative estimate of drug-likeness (QED) is 0.204. The van der Waals surface area contributed by atoms with Crippen LogP contribution in [0.5, 0.6) is 11.5 Å². The lowest BCUT2D eigenvalue weighted by Crippen LogP contribution is -2.58. The lowest BCUT2D eigenvalue weighted by Gasteiger charge is -2.34. The normalized spacial score (nSPS) is 12.8. The van der Waals surface area contributed by atoms with Gasteiger partial charge in [0.25, 0.3) is 6.71 Å². The molecule has 7 aromatic rings. The van der Waals surface area contributed by atoms with Gasteiger partial charge in [0.2, 0.25) is 0 Å². The molecule has 0 N–H and O–H groups in total. The van der Waals surface area contributed by atoms with E-state index in [0.717, 1.165) is 11.5 Å². The number of aromatic nitrogens is 1. The van der Waals surface area contributed by atoms with Crippen LogP contribution in [0.15, 0.2) is 115 Å². The fraction of sp³-hybridized carbons (Fsp3) is 0.0769. The maximum atomic E-state index is 6.94. The lowest BCUT2D eigenvalue weighted by atomic mass is 9.34. The van der Waals surface area contributed by atoms with E-state index in [2.05, 4.69) is 141 Å². The summed E-state index contributed by atoms with van der Waals surface area (Å²) >= 11 is 0. The summed E-state index contributed by atoms with van der Waals surface area (Å²) in [5.41, 5.74) is 16.3. The molecule has 198 valence electrons. The molecule has 2 aliphatic heterocycles. The SMILES string of the molecule is Cc1cc(C)c(-c2cc3c4c(c2)-n2c5ccccc5c5cccc(c52)B4c2ccc(-c4ccccc4)cc2O3)c(C)c1. The molecule has 0 unspecified atom stereocenters. The van der Waals surface area contributed by atoms with Gasteiger partial charge in [0, 0.05) is 22.0 Å². The van der Waals surface area contributed by atoms with Crippen molar-refractivity contribution in [3.63, 3.8) is 0 Å². The molecule has 6 aromatic carbocycles. The van der Waals surface area contributed by atoms with Crippen LogP contribution < -0.4 is 21.1 Å². The van der Waals surface area contributed by atoms with Crippen LogP contribution in [0.2, 0.25) is 0 Å². The Balaban J connectivity index is 1.40. The predicted octanol–water partition coefficient (Wildman–Crippen LogP) is 7.98. The highest BCUT2D eigenvalue weighted by atomic mass is 16.5. The van der Waals surface area contributed by atoms with Gasteiger partial charge < -0.3 is 9.30 Å². The van der Waals surface area contributed by atoms with E-state index in [1.165, 1.54) is 82.8 Å². The minimum Gasteiger partial charge on any atom is -0.458 e. The van der Waals surface area contributed by atoms with Crippen molar-refractivity contribution in [3.05, 3.63) is 132 Å². The smallest absolute Gasteiger partial charge is 0.256 e. The maximum Gasteiger partial charge on any atom is 0.256 e. The fourth-order valence-corrected chi connectivity index (χ4v) is 7.75. The summed E-state index contributed by atoms with van der Waals surface area (Å²) in [6.45, 7) is 6.72. The van der Waals surface area contributed by atoms with E-state index in [1.807, 2.05) is 0 Å². The maximum absolute atomic E-state index is 6.94. The third kappa shape index (κ3) is 3.17. The summed E-state index contributed by atoms with van der Waals surface area (Å²) < 4.78 is 9.43. The summed E-state index contributed by atoms with van der Waals surface area (Å²) in [5.74, 6) is 1.89. The molecule has 0 saturated heterocycles. The molecule has 0 radical (unpaired) electrons. The molecule has 9 rings (SSSR count). The van der Waals surface area contributed by atoms with E-state index >= 15 is 0 Å². The highest BCUT2D eigenvalue weighted by Gasteiger charge is 2.40. The van der Waals surface area contributed by atoms with Crippen molar-refractivity contribution < 1.29 is 4.74 Å². The molecule has 1 aromatic heterocycles. The Morgan fingerprint density at radius 1 is 0.571 bits per heavy atom. The molecule has 0 aliphatic carbocycles. The second kappa shape index (κ2) is 8.50. The highest BCUT2D eigenvalue weighted by Crippen LogP contribution is 2.41. The molecule has 3 heterocycles. The number of hydrogen-bond donors (Lipinski definition) is 0. The van der Waals surface area contributed by atoms with Crippen molar-refractivity contribution in [2.75, 3.05) is 0 Å². The first-order chi connectivity index (χ1) is 20.6. The van der Waals surface area contributed by atoms with E-state index in [1.54, 1.807) is 0 Å². The van der Waals surface area contributed by atoms with E-state index < -0.39 is 0 Å². The van der Waals surface area contributed by atoms with Crippen LogP contribution in [-0.4, -0.2) is 11.3 Å². The minimum absolute atomic E-state index is 0.0957. The summed E-state index contributed by atoms with van der Waals surface area (Å²) in [7, 11) is 0. The van der Waals surface area contributed by atoms with Crippen molar-refractivity contribution in [3.8, 4) is 39.4 Å². The number of nitrogens with zero attached hydrogens (tertiary/aromatic N) is 1. The van der Waals surface area contributed by atoms with Gasteiger partial charge in [-0.2, -0.15) is 0 Å². The minimum atomic E-state index is 0.0957. The first kappa shape index (κ1) is 23.7. The Morgan fingerprint density at radius 3 is 2.14 bits per heavy atom. The monoisotopic (exact) mass is 537 g/mol. The number of hydrogen-bond acceptors (Lipinski definition) is 1. The molecule has 2 aliphatic rings. The Kier molecular flexibility index (Phi) is 4.79. The molecule has 0 bridgehead atoms. The predicted molar refractivity (Wildman–Crippen MR) is 177 cm³/mol. The van der Waals surface area contributed by atoms with Gasteiger partial charge >= 0.3 is 0 Å². The Hall–Kier alpha value is -5.02. The zero-order valence-corrected chi connectivity index (χ0v) is 23.9. The van der Waals surface area contributed by atoms with Crippen molar-refractivity contribution in [1.82, 2.24) is 4.57 Å². The van der Waals surface area contributed by atoms with Gasteiger partial charge in [-0.15, -0.1) is 0 Å². The van der Waals surface area contributed by atoms with Gasteiger partial charge in [-0.25, -0.2) is 0 Å². The fourth-order valence-electron chi connectivity index (χ4n) is 7.75. The molecule has 42 heavy (non-hydrogen) atoms. The number of para-hydroxylation sites is 2. The Morgan fingerprint density at radius 2 is 1.31 bits per heavy atom. The first-order valence-electron chi connectivity index (χ1n) is 14.7. The summed E-state index contributed by atoms with van der Waals surface area (Å²) in [5, 5.41) is 2.59. The number of benzene rings is 6. The molecule has 0 saturated carbocycles. The van der Waals surface area contributed by atoms with Crippen LogP contribution in [0.4, 0.5) is 0 Å². The van der Waals surface area contributed by atoms with Crippen LogP contribution in [0.1, 0.15) is 16.7 Å². The van der Waals surface area contributed by atoms with Crippen molar-refractivity contribution in [2.24, 2.45) is 0 Å². The lowest BCUT2D eigenvalue weighted by molar-refractivity contribution is 0.487. The molecule has 0 amide bonds. The van der Waals surface area contributed by atoms with Crippen LogP contribution in [-0.2, 0) is 0 Å². The van der Waals surface area contributed by atoms with Crippen LogP contribution in [0.25, 0.3) is 49.7 Å². The van der Waals surface area contributed by atoms with Crippen molar-refractivity contribution in [2.45, 2.75) is 20.8 Å². The molecule has 2 nitrogen and oxygen atoms in total. The first-order valence-corrected chi connectivity index (χ1v) is 14.7. The molecule has 0 atom stereocenters. The average molecular weight is 537 g/mol. The van der Waals surface area contributed by atoms with E-state index in [4.69, 9.17) is 4.74 Å². The average Bonchev–Trinajstić information content (AvgIpc) is 3.34. The van der Waals surface area contributed by atoms with Crippen molar-refractivity contribution in [1.29, 1.82) is 0 Å². The standard InChI is InChI=1S/C39H28BNO/c1-23-18-24(2)37(25(3)19-23)28-20-34-38-36(22-28)42-35-21-27(26-10-5-4-6-11-26)16-17-31(35)40(38)32-14-9-13-30-29-12-7-8-15-33(29)41(34)39(30)32/h4-22H,1-3H3. The molecule has 0 spiro atoms. The Bertz CT molecular complexity index is 2240. The van der Waals surface area contributed by atoms with Gasteiger partial charge in [0.1, 0.15) is 11.5 Å². The summed E-state index contributed by atoms with van der Waals surface area (Å²) in [6, 6.07) is 42.2.